The van der Waals surface area contributed by atoms with Crippen LogP contribution in [0, 0.1) is 0 Å². The zero-order chi connectivity index (χ0) is 14.9. The molecule has 0 bridgehead atoms. The average Bonchev–Trinajstić information content (AvgIpc) is 2.86. The Kier molecular flexibility index (Phi) is 6.66. The summed E-state index contributed by atoms with van der Waals surface area (Å²) in [7, 11) is 0. The van der Waals surface area contributed by atoms with Gasteiger partial charge < -0.3 is 10.2 Å². The monoisotopic (exact) mass is 293 g/mol. The van der Waals surface area contributed by atoms with Crippen molar-refractivity contribution in [2.45, 2.75) is 58.5 Å². The van der Waals surface area contributed by atoms with E-state index in [4.69, 9.17) is 0 Å². The molecule has 1 saturated heterocycles. The van der Waals surface area contributed by atoms with Crippen molar-refractivity contribution in [3.8, 4) is 0 Å². The fourth-order valence-electron chi connectivity index (χ4n) is 2.63. The highest BCUT2D eigenvalue weighted by molar-refractivity contribution is 5.75. The van der Waals surface area contributed by atoms with Gasteiger partial charge in [-0.3, -0.25) is 4.79 Å². The van der Waals surface area contributed by atoms with Crippen LogP contribution in [-0.4, -0.2) is 45.4 Å². The van der Waals surface area contributed by atoms with E-state index >= 15 is 0 Å². The lowest BCUT2D eigenvalue weighted by molar-refractivity contribution is -0.132. The maximum Gasteiger partial charge on any atom is 0.244 e. The molecule has 1 N–H and O–H groups in total. The number of rotatable bonds is 6. The third-order valence-electron chi connectivity index (χ3n) is 3.83. The Hall–Kier alpha value is -1.43. The second-order valence-electron chi connectivity index (χ2n) is 5.73. The minimum atomic E-state index is 0.162. The first-order valence-electron chi connectivity index (χ1n) is 8.17. The molecule has 1 aromatic heterocycles. The number of carbonyl (C=O) groups is 1. The van der Waals surface area contributed by atoms with Gasteiger partial charge in [-0.25, -0.2) is 4.68 Å². The van der Waals surface area contributed by atoms with Gasteiger partial charge in [-0.1, -0.05) is 31.4 Å². The second kappa shape index (κ2) is 8.77. The molecular weight excluding hydrogens is 266 g/mol. The number of likely N-dealkylation sites (tertiary alicyclic amines) is 1. The van der Waals surface area contributed by atoms with E-state index in [1.807, 2.05) is 11.1 Å². The molecule has 1 aliphatic heterocycles. The summed E-state index contributed by atoms with van der Waals surface area (Å²) in [5.41, 5.74) is 0.893. The summed E-state index contributed by atoms with van der Waals surface area (Å²) in [6, 6.07) is 0. The van der Waals surface area contributed by atoms with Crippen LogP contribution in [0.1, 0.15) is 51.1 Å². The molecular formula is C15H27N5O. The molecule has 0 saturated carbocycles. The van der Waals surface area contributed by atoms with Crippen molar-refractivity contribution in [2.75, 3.05) is 19.6 Å². The second-order valence-corrected chi connectivity index (χ2v) is 5.73. The van der Waals surface area contributed by atoms with Crippen LogP contribution in [0.4, 0.5) is 0 Å². The Bertz CT molecular complexity index is 423. The standard InChI is InChI=1S/C15H27N5O/c1-2-8-16-11-14-12-20(18-17-14)13-15(21)19-9-6-4-3-5-7-10-19/h12,16H,2-11,13H2,1H3. The lowest BCUT2D eigenvalue weighted by Crippen LogP contribution is -2.36. The van der Waals surface area contributed by atoms with Gasteiger partial charge in [0.25, 0.3) is 0 Å². The highest BCUT2D eigenvalue weighted by Crippen LogP contribution is 2.11. The van der Waals surface area contributed by atoms with Crippen molar-refractivity contribution in [2.24, 2.45) is 0 Å². The van der Waals surface area contributed by atoms with Crippen LogP contribution in [0.2, 0.25) is 0 Å². The van der Waals surface area contributed by atoms with Crippen LogP contribution < -0.4 is 5.32 Å². The molecule has 21 heavy (non-hydrogen) atoms. The summed E-state index contributed by atoms with van der Waals surface area (Å²) >= 11 is 0. The maximum absolute atomic E-state index is 12.3. The van der Waals surface area contributed by atoms with Crippen LogP contribution in [-0.2, 0) is 17.9 Å². The molecule has 0 aromatic carbocycles. The molecule has 6 nitrogen and oxygen atoms in total. The number of amides is 1. The Morgan fingerprint density at radius 2 is 1.95 bits per heavy atom. The fourth-order valence-corrected chi connectivity index (χ4v) is 2.63. The van der Waals surface area contributed by atoms with E-state index in [1.54, 1.807) is 4.68 Å². The fraction of sp³-hybridized carbons (Fsp3) is 0.800. The summed E-state index contributed by atoms with van der Waals surface area (Å²) in [4.78, 5) is 14.3. The Morgan fingerprint density at radius 3 is 2.67 bits per heavy atom. The molecule has 1 aromatic rings. The Labute approximate surface area is 126 Å². The van der Waals surface area contributed by atoms with E-state index in [-0.39, 0.29) is 5.91 Å². The van der Waals surface area contributed by atoms with E-state index in [0.29, 0.717) is 13.1 Å². The maximum atomic E-state index is 12.3. The van der Waals surface area contributed by atoms with E-state index in [0.717, 1.165) is 44.6 Å². The van der Waals surface area contributed by atoms with Crippen molar-refractivity contribution in [3.05, 3.63) is 11.9 Å². The molecule has 0 unspecified atom stereocenters. The normalized spacial score (nSPS) is 16.5. The van der Waals surface area contributed by atoms with Gasteiger partial charge in [-0.05, 0) is 25.8 Å². The topological polar surface area (TPSA) is 63.1 Å². The van der Waals surface area contributed by atoms with Gasteiger partial charge in [0.05, 0.1) is 11.9 Å². The largest absolute Gasteiger partial charge is 0.341 e. The molecule has 1 aliphatic rings. The predicted octanol–water partition coefficient (Wildman–Crippen LogP) is 1.57. The first-order chi connectivity index (χ1) is 10.3. The first-order valence-corrected chi connectivity index (χ1v) is 8.17. The van der Waals surface area contributed by atoms with Crippen molar-refractivity contribution >= 4 is 5.91 Å². The van der Waals surface area contributed by atoms with Crippen LogP contribution in [0.5, 0.6) is 0 Å². The third-order valence-corrected chi connectivity index (χ3v) is 3.83. The zero-order valence-electron chi connectivity index (χ0n) is 13.1. The Morgan fingerprint density at radius 1 is 1.24 bits per heavy atom. The predicted molar refractivity (Wildman–Crippen MR) is 81.7 cm³/mol. The van der Waals surface area contributed by atoms with Crippen molar-refractivity contribution in [1.29, 1.82) is 0 Å². The van der Waals surface area contributed by atoms with Crippen molar-refractivity contribution < 1.29 is 4.79 Å². The van der Waals surface area contributed by atoms with Gasteiger partial charge in [0.1, 0.15) is 6.54 Å². The molecule has 0 radical (unpaired) electrons. The molecule has 0 atom stereocenters. The van der Waals surface area contributed by atoms with Crippen molar-refractivity contribution in [1.82, 2.24) is 25.2 Å². The minimum absolute atomic E-state index is 0.162. The van der Waals surface area contributed by atoms with Crippen molar-refractivity contribution in [3.63, 3.8) is 0 Å². The van der Waals surface area contributed by atoms with E-state index < -0.39 is 0 Å². The highest BCUT2D eigenvalue weighted by Gasteiger charge is 2.15. The molecule has 1 amide bonds. The van der Waals surface area contributed by atoms with Gasteiger partial charge in [0.2, 0.25) is 5.91 Å². The van der Waals surface area contributed by atoms with Gasteiger partial charge in [0.15, 0.2) is 0 Å². The lowest BCUT2D eigenvalue weighted by atomic mass is 10.1. The summed E-state index contributed by atoms with van der Waals surface area (Å²) < 4.78 is 1.66. The van der Waals surface area contributed by atoms with E-state index in [2.05, 4.69) is 22.6 Å². The molecule has 1 fully saturated rings. The van der Waals surface area contributed by atoms with E-state index in [1.165, 1.54) is 19.3 Å². The zero-order valence-corrected chi connectivity index (χ0v) is 13.1. The summed E-state index contributed by atoms with van der Waals surface area (Å²) in [5.74, 6) is 0.162. The minimum Gasteiger partial charge on any atom is -0.341 e. The average molecular weight is 293 g/mol. The van der Waals surface area contributed by atoms with Gasteiger partial charge in [-0.2, -0.15) is 0 Å². The number of carbonyl (C=O) groups excluding carboxylic acids is 1. The van der Waals surface area contributed by atoms with Gasteiger partial charge >= 0.3 is 0 Å². The molecule has 0 spiro atoms. The van der Waals surface area contributed by atoms with E-state index in [9.17, 15) is 4.79 Å². The highest BCUT2D eigenvalue weighted by atomic mass is 16.2. The number of nitrogens with one attached hydrogen (secondary N) is 1. The van der Waals surface area contributed by atoms with Crippen LogP contribution >= 0.6 is 0 Å². The smallest absolute Gasteiger partial charge is 0.244 e. The van der Waals surface area contributed by atoms with Crippen LogP contribution in [0.3, 0.4) is 0 Å². The van der Waals surface area contributed by atoms with Gasteiger partial charge in [-0.15, -0.1) is 5.10 Å². The summed E-state index contributed by atoms with van der Waals surface area (Å²) in [6.07, 6.45) is 8.98. The molecule has 0 aliphatic carbocycles. The molecule has 2 rings (SSSR count). The third kappa shape index (κ3) is 5.46. The van der Waals surface area contributed by atoms with Crippen LogP contribution in [0.25, 0.3) is 0 Å². The number of hydrogen-bond acceptors (Lipinski definition) is 4. The van der Waals surface area contributed by atoms with Crippen LogP contribution in [0.15, 0.2) is 6.20 Å². The Balaban J connectivity index is 1.80. The summed E-state index contributed by atoms with van der Waals surface area (Å²) in [5, 5.41) is 11.4. The molecule has 118 valence electrons. The molecule has 2 heterocycles. The molecule has 6 heteroatoms. The number of hydrogen-bond donors (Lipinski definition) is 1. The van der Waals surface area contributed by atoms with Gasteiger partial charge in [0, 0.05) is 19.6 Å². The quantitative estimate of drug-likeness (QED) is 0.809. The number of aromatic nitrogens is 3. The number of nitrogens with zero attached hydrogens (tertiary/aromatic N) is 4. The SMILES string of the molecule is CCCNCc1cn(CC(=O)N2CCCCCCC2)nn1. The lowest BCUT2D eigenvalue weighted by Gasteiger charge is -2.24. The summed E-state index contributed by atoms with van der Waals surface area (Å²) in [6.45, 7) is 5.90. The first kappa shape index (κ1) is 15.9.